The molecule has 0 aliphatic carbocycles. The van der Waals surface area contributed by atoms with Crippen LogP contribution in [-0.4, -0.2) is 46.7 Å². The van der Waals surface area contributed by atoms with E-state index >= 15 is 0 Å². The second-order valence-electron chi connectivity index (χ2n) is 6.75. The Morgan fingerprint density at radius 1 is 1.30 bits per heavy atom. The van der Waals surface area contributed by atoms with Crippen LogP contribution in [0, 0.1) is 0 Å². The van der Waals surface area contributed by atoms with Crippen LogP contribution in [-0.2, 0) is 4.79 Å². The van der Waals surface area contributed by atoms with E-state index in [4.69, 9.17) is 11.1 Å². The number of hydrogen-bond acceptors (Lipinski definition) is 4. The van der Waals surface area contributed by atoms with Gasteiger partial charge in [-0.3, -0.25) is 15.1 Å². The van der Waals surface area contributed by atoms with Crippen molar-refractivity contribution in [1.29, 1.82) is 0 Å². The second kappa shape index (κ2) is 6.28. The maximum atomic E-state index is 12.7. The Balaban J connectivity index is 1.92. The summed E-state index contributed by atoms with van der Waals surface area (Å²) in [4.78, 5) is 21.5. The predicted molar refractivity (Wildman–Crippen MR) is 91.1 cm³/mol. The summed E-state index contributed by atoms with van der Waals surface area (Å²) < 4.78 is 0. The Morgan fingerprint density at radius 3 is 2.65 bits per heavy atom. The molecule has 2 aliphatic rings. The molecule has 0 aromatic carbocycles. The van der Waals surface area contributed by atoms with Crippen LogP contribution in [0.2, 0.25) is 0 Å². The molecule has 6 nitrogen and oxygen atoms in total. The third-order valence-corrected chi connectivity index (χ3v) is 4.98. The number of amides is 1. The molecule has 2 aliphatic heterocycles. The molecule has 0 spiro atoms. The third-order valence-electron chi connectivity index (χ3n) is 4.98. The number of piperidine rings is 1. The molecule has 1 fully saturated rings. The van der Waals surface area contributed by atoms with Gasteiger partial charge in [0.1, 0.15) is 5.56 Å². The zero-order valence-electron chi connectivity index (χ0n) is 14.0. The molecule has 0 saturated carbocycles. The number of carbonyl (C=O) groups is 1. The van der Waals surface area contributed by atoms with Gasteiger partial charge in [0.2, 0.25) is 5.91 Å². The molecule has 1 aromatic heterocycles. The quantitative estimate of drug-likeness (QED) is 0.816. The van der Waals surface area contributed by atoms with Crippen molar-refractivity contribution in [1.82, 2.24) is 9.88 Å². The molecule has 124 valence electrons. The zero-order valence-corrected chi connectivity index (χ0v) is 14.0. The summed E-state index contributed by atoms with van der Waals surface area (Å²) in [5, 5.41) is 6.17. The fourth-order valence-corrected chi connectivity index (χ4v) is 3.62. The minimum Gasteiger partial charge on any atom is -0.398 e. The first-order valence-electron chi connectivity index (χ1n) is 8.41. The highest BCUT2D eigenvalue weighted by atomic mass is 16.2. The number of nitrogen functional groups attached to an aromatic ring is 1. The van der Waals surface area contributed by atoms with E-state index in [1.807, 2.05) is 4.90 Å². The van der Waals surface area contributed by atoms with Crippen LogP contribution >= 0.6 is 0 Å². The van der Waals surface area contributed by atoms with Gasteiger partial charge in [0.25, 0.3) is 0 Å². The SMILES string of the molecule is CC(C)N1CCC(N2C(=O)CCC(=[NH2+])c3c(N)ccnc32)CC1. The fraction of sp³-hybridized carbons (Fsp3) is 0.588. The Bertz CT molecular complexity index is 619. The summed E-state index contributed by atoms with van der Waals surface area (Å²) in [6.45, 7) is 6.43. The standard InChI is InChI=1S/C17H25N5O/c1-11(2)21-9-6-12(7-10-21)22-15(23)4-3-13(18)16-14(19)5-8-20-17(16)22/h5,8,11-12,18H,3-4,6-7,9-10H2,1-2H3,(H2,19,20)/p+1. The summed E-state index contributed by atoms with van der Waals surface area (Å²) >= 11 is 0. The number of rotatable bonds is 2. The zero-order chi connectivity index (χ0) is 16.6. The van der Waals surface area contributed by atoms with Crippen LogP contribution in [0.4, 0.5) is 11.5 Å². The van der Waals surface area contributed by atoms with Gasteiger partial charge in [0, 0.05) is 44.2 Å². The Kier molecular flexibility index (Phi) is 4.35. The Labute approximate surface area is 137 Å². The number of likely N-dealkylation sites (tertiary alicyclic amines) is 1. The van der Waals surface area contributed by atoms with Gasteiger partial charge in [-0.1, -0.05) is 0 Å². The lowest BCUT2D eigenvalue weighted by Crippen LogP contribution is -2.49. The third kappa shape index (κ3) is 2.95. The lowest BCUT2D eigenvalue weighted by atomic mass is 10.0. The highest BCUT2D eigenvalue weighted by Gasteiger charge is 2.36. The average molecular weight is 316 g/mol. The van der Waals surface area contributed by atoms with Crippen molar-refractivity contribution in [3.8, 4) is 0 Å². The number of carbonyl (C=O) groups excluding carboxylic acids is 1. The minimum atomic E-state index is 0.104. The number of nitrogens with zero attached hydrogens (tertiary/aromatic N) is 3. The smallest absolute Gasteiger partial charge is 0.228 e. The predicted octanol–water partition coefficient (Wildman–Crippen LogP) is 0.212. The van der Waals surface area contributed by atoms with Crippen LogP contribution < -0.4 is 16.0 Å². The van der Waals surface area contributed by atoms with Gasteiger partial charge in [-0.15, -0.1) is 0 Å². The molecule has 0 radical (unpaired) electrons. The largest absolute Gasteiger partial charge is 0.398 e. The monoisotopic (exact) mass is 316 g/mol. The molecule has 1 aromatic rings. The van der Waals surface area contributed by atoms with Crippen LogP contribution in [0.1, 0.15) is 45.1 Å². The lowest BCUT2D eigenvalue weighted by molar-refractivity contribution is -0.122. The first kappa shape index (κ1) is 15.9. The number of pyridine rings is 1. The summed E-state index contributed by atoms with van der Waals surface area (Å²) in [5.41, 5.74) is 8.14. The average Bonchev–Trinajstić information content (AvgIpc) is 2.65. The number of aromatic nitrogens is 1. The van der Waals surface area contributed by atoms with Gasteiger partial charge in [-0.25, -0.2) is 4.98 Å². The van der Waals surface area contributed by atoms with Crippen LogP contribution in [0.25, 0.3) is 0 Å². The van der Waals surface area contributed by atoms with Gasteiger partial charge < -0.3 is 10.6 Å². The van der Waals surface area contributed by atoms with Gasteiger partial charge >= 0.3 is 0 Å². The maximum Gasteiger partial charge on any atom is 0.228 e. The summed E-state index contributed by atoms with van der Waals surface area (Å²) in [7, 11) is 0. The lowest BCUT2D eigenvalue weighted by Gasteiger charge is -2.39. The van der Waals surface area contributed by atoms with E-state index < -0.39 is 0 Å². The van der Waals surface area contributed by atoms with Crippen LogP contribution in [0.3, 0.4) is 0 Å². The van der Waals surface area contributed by atoms with E-state index in [9.17, 15) is 4.79 Å². The molecule has 1 amide bonds. The van der Waals surface area contributed by atoms with E-state index in [2.05, 4.69) is 23.7 Å². The van der Waals surface area contributed by atoms with Crippen molar-refractivity contribution in [2.75, 3.05) is 23.7 Å². The number of hydrogen-bond donors (Lipinski definition) is 2. The Hall–Kier alpha value is -1.95. The molecule has 6 heteroatoms. The minimum absolute atomic E-state index is 0.104. The number of nitrogens with two attached hydrogens (primary N) is 2. The molecule has 0 atom stereocenters. The van der Waals surface area contributed by atoms with Crippen molar-refractivity contribution < 1.29 is 10.2 Å². The molecule has 3 heterocycles. The molecule has 0 unspecified atom stereocenters. The van der Waals surface area contributed by atoms with Gasteiger partial charge in [0.05, 0.1) is 5.69 Å². The highest BCUT2D eigenvalue weighted by Crippen LogP contribution is 2.32. The van der Waals surface area contributed by atoms with Crippen molar-refractivity contribution in [3.05, 3.63) is 17.8 Å². The summed E-state index contributed by atoms with van der Waals surface area (Å²) in [5.74, 6) is 0.751. The van der Waals surface area contributed by atoms with Gasteiger partial charge in [-0.2, -0.15) is 0 Å². The second-order valence-corrected chi connectivity index (χ2v) is 6.75. The molecule has 4 N–H and O–H groups in total. The molecule has 0 bridgehead atoms. The molecule has 3 rings (SSSR count). The molecule has 1 saturated heterocycles. The van der Waals surface area contributed by atoms with Gasteiger partial charge in [-0.05, 0) is 32.8 Å². The fourth-order valence-electron chi connectivity index (χ4n) is 3.62. The van der Waals surface area contributed by atoms with Crippen LogP contribution in [0.5, 0.6) is 0 Å². The van der Waals surface area contributed by atoms with Crippen molar-refractivity contribution in [2.45, 2.75) is 51.6 Å². The molecule has 23 heavy (non-hydrogen) atoms. The van der Waals surface area contributed by atoms with Crippen molar-refractivity contribution in [2.24, 2.45) is 0 Å². The van der Waals surface area contributed by atoms with E-state index in [-0.39, 0.29) is 11.9 Å². The maximum absolute atomic E-state index is 12.7. The van der Waals surface area contributed by atoms with E-state index in [0.717, 1.165) is 31.5 Å². The highest BCUT2D eigenvalue weighted by molar-refractivity contribution is 6.12. The van der Waals surface area contributed by atoms with Crippen LogP contribution in [0.15, 0.2) is 12.3 Å². The summed E-state index contributed by atoms with van der Waals surface area (Å²) in [6, 6.07) is 2.47. The van der Waals surface area contributed by atoms with E-state index in [0.29, 0.717) is 36.1 Å². The number of fused-ring (bicyclic) bond motifs is 1. The first-order chi connectivity index (χ1) is 11.0. The topological polar surface area (TPSA) is 88.0 Å². The summed E-state index contributed by atoms with van der Waals surface area (Å²) in [6.07, 6.45) is 4.55. The Morgan fingerprint density at radius 2 is 2.00 bits per heavy atom. The number of anilines is 2. The van der Waals surface area contributed by atoms with Gasteiger partial charge in [0.15, 0.2) is 11.5 Å². The normalized spacial score (nSPS) is 20.7. The van der Waals surface area contributed by atoms with E-state index in [1.54, 1.807) is 12.3 Å². The molecular formula is C17H26N5O+. The van der Waals surface area contributed by atoms with Crippen molar-refractivity contribution in [3.63, 3.8) is 0 Å². The van der Waals surface area contributed by atoms with Crippen molar-refractivity contribution >= 4 is 23.1 Å². The first-order valence-corrected chi connectivity index (χ1v) is 8.41. The van der Waals surface area contributed by atoms with E-state index in [1.165, 1.54) is 0 Å². The molecular weight excluding hydrogens is 290 g/mol.